The molecule has 1 aromatic rings. The third-order valence-corrected chi connectivity index (χ3v) is 7.19. The Balaban J connectivity index is 1.83. The van der Waals surface area contributed by atoms with Crippen LogP contribution in [-0.2, 0) is 14.8 Å². The average molecular weight is 368 g/mol. The molecular weight excluding hydrogens is 340 g/mol. The summed E-state index contributed by atoms with van der Waals surface area (Å²) in [6.45, 7) is 9.89. The van der Waals surface area contributed by atoms with Crippen molar-refractivity contribution in [3.05, 3.63) is 22.8 Å². The summed E-state index contributed by atoms with van der Waals surface area (Å²) < 4.78 is 40.1. The average Bonchev–Trinajstić information content (AvgIpc) is 2.90. The van der Waals surface area contributed by atoms with E-state index in [0.29, 0.717) is 23.1 Å². The van der Waals surface area contributed by atoms with Gasteiger partial charge < -0.3 is 9.47 Å². The molecule has 25 heavy (non-hydrogen) atoms. The molecule has 7 heteroatoms. The Morgan fingerprint density at radius 3 is 2.64 bits per heavy atom. The molecule has 0 unspecified atom stereocenters. The van der Waals surface area contributed by atoms with Crippen LogP contribution in [0.15, 0.2) is 11.0 Å². The standard InChI is InChI=1S/C18H28N2O4S/c1-11-6-17(23-5)13(3)14(4)18(11)25(21,22)19-15-7-16-10-24-12(2)8-20(16)9-15/h6,12,15-16,19H,7-10H2,1-5H3/t12-,15-,16+/m1/s1. The molecule has 0 radical (unpaired) electrons. The van der Waals surface area contributed by atoms with Crippen LogP contribution in [0.1, 0.15) is 30.0 Å². The second-order valence-corrected chi connectivity index (χ2v) is 8.93. The van der Waals surface area contributed by atoms with Gasteiger partial charge in [0.1, 0.15) is 5.75 Å². The molecule has 3 atom stereocenters. The molecule has 0 spiro atoms. The maximum absolute atomic E-state index is 13.0. The molecule has 0 aromatic heterocycles. The molecule has 0 saturated carbocycles. The molecule has 2 aliphatic rings. The number of rotatable bonds is 4. The highest BCUT2D eigenvalue weighted by Crippen LogP contribution is 2.31. The van der Waals surface area contributed by atoms with Crippen molar-refractivity contribution in [3.8, 4) is 5.75 Å². The second-order valence-electron chi connectivity index (χ2n) is 7.28. The van der Waals surface area contributed by atoms with Gasteiger partial charge in [-0.05, 0) is 56.9 Å². The summed E-state index contributed by atoms with van der Waals surface area (Å²) in [6, 6.07) is 2.03. The molecule has 2 heterocycles. The summed E-state index contributed by atoms with van der Waals surface area (Å²) in [5.74, 6) is 0.720. The van der Waals surface area contributed by atoms with Crippen molar-refractivity contribution in [2.24, 2.45) is 0 Å². The predicted molar refractivity (Wildman–Crippen MR) is 96.7 cm³/mol. The number of hydrogen-bond acceptors (Lipinski definition) is 5. The smallest absolute Gasteiger partial charge is 0.241 e. The van der Waals surface area contributed by atoms with Gasteiger partial charge in [-0.15, -0.1) is 0 Å². The number of aryl methyl sites for hydroxylation is 1. The van der Waals surface area contributed by atoms with Gasteiger partial charge >= 0.3 is 0 Å². The van der Waals surface area contributed by atoms with Crippen LogP contribution in [0.25, 0.3) is 0 Å². The van der Waals surface area contributed by atoms with Crippen molar-refractivity contribution in [1.29, 1.82) is 0 Å². The molecule has 3 rings (SSSR count). The molecule has 2 fully saturated rings. The van der Waals surface area contributed by atoms with Gasteiger partial charge in [-0.25, -0.2) is 13.1 Å². The second kappa shape index (κ2) is 6.87. The normalized spacial score (nSPS) is 27.3. The van der Waals surface area contributed by atoms with E-state index in [0.717, 1.165) is 36.4 Å². The molecular formula is C18H28N2O4S. The van der Waals surface area contributed by atoms with Crippen LogP contribution < -0.4 is 9.46 Å². The lowest BCUT2D eigenvalue weighted by molar-refractivity contribution is -0.0390. The van der Waals surface area contributed by atoms with Crippen molar-refractivity contribution in [2.45, 2.75) is 57.2 Å². The van der Waals surface area contributed by atoms with Gasteiger partial charge in [0.05, 0.1) is 24.7 Å². The SMILES string of the molecule is COc1cc(C)c(S(=O)(=O)N[C@@H]2C[C@H]3CO[C@H](C)CN3C2)c(C)c1C. The Labute approximate surface area is 150 Å². The van der Waals surface area contributed by atoms with Crippen molar-refractivity contribution < 1.29 is 17.9 Å². The van der Waals surface area contributed by atoms with Gasteiger partial charge in [-0.1, -0.05) is 0 Å². The van der Waals surface area contributed by atoms with E-state index in [1.165, 1.54) is 0 Å². The minimum absolute atomic E-state index is 0.0786. The molecule has 0 amide bonds. The summed E-state index contributed by atoms with van der Waals surface area (Å²) in [5.41, 5.74) is 2.32. The lowest BCUT2D eigenvalue weighted by Gasteiger charge is -2.33. The van der Waals surface area contributed by atoms with Crippen LogP contribution in [0, 0.1) is 20.8 Å². The van der Waals surface area contributed by atoms with Crippen molar-refractivity contribution >= 4 is 10.0 Å². The lowest BCUT2D eigenvalue weighted by atomic mass is 10.1. The number of fused-ring (bicyclic) bond motifs is 1. The fourth-order valence-electron chi connectivity index (χ4n) is 4.05. The van der Waals surface area contributed by atoms with Gasteiger partial charge in [0.2, 0.25) is 10.0 Å². The first-order chi connectivity index (χ1) is 11.7. The van der Waals surface area contributed by atoms with Crippen LogP contribution in [0.4, 0.5) is 0 Å². The number of methoxy groups -OCH3 is 1. The highest BCUT2D eigenvalue weighted by molar-refractivity contribution is 7.89. The van der Waals surface area contributed by atoms with Gasteiger partial charge in [0.15, 0.2) is 0 Å². The quantitative estimate of drug-likeness (QED) is 0.877. The number of hydrogen-bond donors (Lipinski definition) is 1. The van der Waals surface area contributed by atoms with Crippen molar-refractivity contribution in [2.75, 3.05) is 26.8 Å². The maximum Gasteiger partial charge on any atom is 0.241 e. The van der Waals surface area contributed by atoms with E-state index < -0.39 is 10.0 Å². The first kappa shape index (κ1) is 18.6. The van der Waals surface area contributed by atoms with Gasteiger partial charge in [-0.2, -0.15) is 0 Å². The van der Waals surface area contributed by atoms with Crippen molar-refractivity contribution in [1.82, 2.24) is 9.62 Å². The molecule has 1 N–H and O–H groups in total. The monoisotopic (exact) mass is 368 g/mol. The molecule has 0 aliphatic carbocycles. The summed E-state index contributed by atoms with van der Waals surface area (Å²) in [7, 11) is -1.98. The van der Waals surface area contributed by atoms with Crippen LogP contribution in [0.5, 0.6) is 5.75 Å². The molecule has 0 bridgehead atoms. The summed E-state index contributed by atoms with van der Waals surface area (Å²) >= 11 is 0. The van der Waals surface area contributed by atoms with E-state index in [4.69, 9.17) is 9.47 Å². The number of nitrogens with one attached hydrogen (secondary N) is 1. The first-order valence-corrected chi connectivity index (χ1v) is 10.2. The number of morpholine rings is 1. The van der Waals surface area contributed by atoms with Crippen molar-refractivity contribution in [3.63, 3.8) is 0 Å². The Bertz CT molecular complexity index is 763. The van der Waals surface area contributed by atoms with Crippen LogP contribution >= 0.6 is 0 Å². The summed E-state index contributed by atoms with van der Waals surface area (Å²) in [4.78, 5) is 2.71. The van der Waals surface area contributed by atoms with E-state index in [-0.39, 0.29) is 12.1 Å². The first-order valence-electron chi connectivity index (χ1n) is 8.75. The third-order valence-electron chi connectivity index (χ3n) is 5.38. The van der Waals surface area contributed by atoms with E-state index in [2.05, 4.69) is 16.5 Å². The predicted octanol–water partition coefficient (Wildman–Crippen LogP) is 1.76. The lowest BCUT2D eigenvalue weighted by Crippen LogP contribution is -2.45. The van der Waals surface area contributed by atoms with Crippen LogP contribution in [0.2, 0.25) is 0 Å². The molecule has 1 aromatic carbocycles. The zero-order valence-corrected chi connectivity index (χ0v) is 16.4. The third kappa shape index (κ3) is 3.56. The summed E-state index contributed by atoms with van der Waals surface area (Å²) in [5, 5.41) is 0. The topological polar surface area (TPSA) is 67.9 Å². The largest absolute Gasteiger partial charge is 0.496 e. The zero-order valence-electron chi connectivity index (χ0n) is 15.6. The Morgan fingerprint density at radius 1 is 1.24 bits per heavy atom. The zero-order chi connectivity index (χ0) is 18.4. The molecule has 140 valence electrons. The van der Waals surface area contributed by atoms with Crippen LogP contribution in [0.3, 0.4) is 0 Å². The van der Waals surface area contributed by atoms with E-state index in [1.807, 2.05) is 20.8 Å². The number of sulfonamides is 1. The van der Waals surface area contributed by atoms with Gasteiger partial charge in [0, 0.05) is 25.2 Å². The number of nitrogens with zero attached hydrogens (tertiary/aromatic N) is 1. The Morgan fingerprint density at radius 2 is 1.96 bits per heavy atom. The molecule has 2 aliphatic heterocycles. The molecule has 6 nitrogen and oxygen atoms in total. The Hall–Kier alpha value is -1.15. The minimum atomic E-state index is -3.58. The Kier molecular flexibility index (Phi) is 5.12. The van der Waals surface area contributed by atoms with Crippen LogP contribution in [-0.4, -0.2) is 58.3 Å². The fourth-order valence-corrected chi connectivity index (χ4v) is 5.82. The number of ether oxygens (including phenoxy) is 2. The minimum Gasteiger partial charge on any atom is -0.496 e. The van der Waals surface area contributed by atoms with Gasteiger partial charge in [0.25, 0.3) is 0 Å². The van der Waals surface area contributed by atoms with E-state index in [9.17, 15) is 8.42 Å². The number of benzene rings is 1. The summed E-state index contributed by atoms with van der Waals surface area (Å²) in [6.07, 6.45) is 0.999. The van der Waals surface area contributed by atoms with Gasteiger partial charge in [-0.3, -0.25) is 4.90 Å². The van der Waals surface area contributed by atoms with E-state index in [1.54, 1.807) is 13.2 Å². The molecule has 2 saturated heterocycles. The maximum atomic E-state index is 13.0. The highest BCUT2D eigenvalue weighted by Gasteiger charge is 2.38. The highest BCUT2D eigenvalue weighted by atomic mass is 32.2. The van der Waals surface area contributed by atoms with E-state index >= 15 is 0 Å². The fraction of sp³-hybridized carbons (Fsp3) is 0.667.